The van der Waals surface area contributed by atoms with Crippen molar-refractivity contribution in [3.63, 3.8) is 0 Å². The van der Waals surface area contributed by atoms with E-state index in [-0.39, 0.29) is 5.91 Å². The summed E-state index contributed by atoms with van der Waals surface area (Å²) in [6, 6.07) is 1.80. The molecule has 0 unspecified atom stereocenters. The maximum absolute atomic E-state index is 12.2. The highest BCUT2D eigenvalue weighted by Gasteiger charge is 2.26. The summed E-state index contributed by atoms with van der Waals surface area (Å²) in [7, 11) is 1.76. The summed E-state index contributed by atoms with van der Waals surface area (Å²) in [6.07, 6.45) is 4.30. The fourth-order valence-corrected chi connectivity index (χ4v) is 2.51. The minimum absolute atomic E-state index is 0.0234. The molecular formula is C13H18ClN3O2. The first-order valence-electron chi connectivity index (χ1n) is 6.41. The number of nitrogens with zero attached hydrogens (tertiary/aromatic N) is 3. The molecule has 5 nitrogen and oxygen atoms in total. The molecule has 0 bridgehead atoms. The zero-order valence-electron chi connectivity index (χ0n) is 11.0. The molecule has 0 radical (unpaired) electrons. The predicted octanol–water partition coefficient (Wildman–Crippen LogP) is 2.16. The Labute approximate surface area is 117 Å². The lowest BCUT2D eigenvalue weighted by atomic mass is 10.1. The van der Waals surface area contributed by atoms with Crippen LogP contribution in [0.2, 0.25) is 0 Å². The molecule has 1 aromatic heterocycles. The standard InChI is InChI=1S/C13H18ClN3O2/c1-16-8-5-11(15-19)12-10(13(16)18)4-9-17(12)7-3-2-6-14/h4,9,19H,2-3,5-8H2,1H3/b15-11+. The number of alkyl halides is 1. The van der Waals surface area contributed by atoms with Crippen LogP contribution in [0.3, 0.4) is 0 Å². The number of aromatic nitrogens is 1. The van der Waals surface area contributed by atoms with Gasteiger partial charge in [0.05, 0.1) is 11.3 Å². The van der Waals surface area contributed by atoms with Crippen molar-refractivity contribution in [3.8, 4) is 0 Å². The van der Waals surface area contributed by atoms with Crippen LogP contribution in [-0.4, -0.2) is 45.8 Å². The maximum Gasteiger partial charge on any atom is 0.255 e. The van der Waals surface area contributed by atoms with E-state index in [1.165, 1.54) is 0 Å². The Morgan fingerprint density at radius 1 is 1.47 bits per heavy atom. The molecule has 0 saturated heterocycles. The number of hydrogen-bond acceptors (Lipinski definition) is 3. The van der Waals surface area contributed by atoms with Gasteiger partial charge in [0.1, 0.15) is 5.71 Å². The van der Waals surface area contributed by atoms with E-state index in [4.69, 9.17) is 11.6 Å². The summed E-state index contributed by atoms with van der Waals surface area (Å²) in [5.74, 6) is 0.608. The predicted molar refractivity (Wildman–Crippen MR) is 74.3 cm³/mol. The van der Waals surface area contributed by atoms with E-state index in [0.29, 0.717) is 30.1 Å². The zero-order valence-corrected chi connectivity index (χ0v) is 11.7. The van der Waals surface area contributed by atoms with E-state index in [1.54, 1.807) is 18.0 Å². The fourth-order valence-electron chi connectivity index (χ4n) is 2.33. The van der Waals surface area contributed by atoms with Crippen LogP contribution in [0.25, 0.3) is 0 Å². The molecule has 1 aliphatic heterocycles. The molecule has 0 aliphatic carbocycles. The topological polar surface area (TPSA) is 57.8 Å². The van der Waals surface area contributed by atoms with E-state index in [9.17, 15) is 10.0 Å². The molecule has 1 N–H and O–H groups in total. The Morgan fingerprint density at radius 3 is 2.95 bits per heavy atom. The van der Waals surface area contributed by atoms with Gasteiger partial charge in [0.2, 0.25) is 0 Å². The summed E-state index contributed by atoms with van der Waals surface area (Å²) in [6.45, 7) is 1.34. The van der Waals surface area contributed by atoms with Gasteiger partial charge in [-0.3, -0.25) is 4.79 Å². The molecule has 1 aliphatic rings. The van der Waals surface area contributed by atoms with Gasteiger partial charge >= 0.3 is 0 Å². The van der Waals surface area contributed by atoms with Crippen LogP contribution in [0, 0.1) is 0 Å². The van der Waals surface area contributed by atoms with Crippen molar-refractivity contribution in [3.05, 3.63) is 23.5 Å². The van der Waals surface area contributed by atoms with Crippen LogP contribution in [0.1, 0.15) is 35.3 Å². The first kappa shape index (κ1) is 13.9. The van der Waals surface area contributed by atoms with Crippen molar-refractivity contribution < 1.29 is 10.0 Å². The van der Waals surface area contributed by atoms with Crippen LogP contribution < -0.4 is 0 Å². The average molecular weight is 284 g/mol. The molecule has 2 rings (SSSR count). The average Bonchev–Trinajstić information content (AvgIpc) is 2.78. The summed E-state index contributed by atoms with van der Waals surface area (Å²) in [4.78, 5) is 13.8. The Bertz CT molecular complexity index is 496. The van der Waals surface area contributed by atoms with Crippen LogP contribution in [0.4, 0.5) is 0 Å². The molecule has 1 aromatic rings. The molecule has 0 spiro atoms. The second kappa shape index (κ2) is 6.10. The number of carbonyl (C=O) groups is 1. The highest BCUT2D eigenvalue weighted by Crippen LogP contribution is 2.20. The van der Waals surface area contributed by atoms with Gasteiger partial charge in [0.15, 0.2) is 0 Å². The van der Waals surface area contributed by atoms with Crippen molar-refractivity contribution in [2.24, 2.45) is 5.16 Å². The summed E-state index contributed by atoms with van der Waals surface area (Å²) >= 11 is 5.68. The summed E-state index contributed by atoms with van der Waals surface area (Å²) in [5, 5.41) is 12.5. The molecule has 6 heteroatoms. The second-order valence-corrected chi connectivity index (χ2v) is 5.07. The molecule has 0 aromatic carbocycles. The number of fused-ring (bicyclic) bond motifs is 1. The number of oxime groups is 1. The Hall–Kier alpha value is -1.49. The normalized spacial score (nSPS) is 17.7. The van der Waals surface area contributed by atoms with Crippen molar-refractivity contribution in [1.82, 2.24) is 9.47 Å². The van der Waals surface area contributed by atoms with Crippen LogP contribution in [0.5, 0.6) is 0 Å². The minimum atomic E-state index is -0.0234. The van der Waals surface area contributed by atoms with Gasteiger partial charge < -0.3 is 14.7 Å². The largest absolute Gasteiger partial charge is 0.411 e. The monoisotopic (exact) mass is 283 g/mol. The Kier molecular flexibility index (Phi) is 4.47. The van der Waals surface area contributed by atoms with Crippen molar-refractivity contribution in [2.75, 3.05) is 19.5 Å². The maximum atomic E-state index is 12.2. The van der Waals surface area contributed by atoms with Gasteiger partial charge in [-0.1, -0.05) is 5.16 Å². The molecule has 19 heavy (non-hydrogen) atoms. The Balaban J connectivity index is 2.35. The molecule has 0 fully saturated rings. The molecule has 1 amide bonds. The van der Waals surface area contributed by atoms with Gasteiger partial charge in [-0.05, 0) is 18.9 Å². The number of aryl methyl sites for hydroxylation is 1. The van der Waals surface area contributed by atoms with Crippen molar-refractivity contribution >= 4 is 23.2 Å². The highest BCUT2D eigenvalue weighted by molar-refractivity contribution is 6.17. The van der Waals surface area contributed by atoms with E-state index >= 15 is 0 Å². The van der Waals surface area contributed by atoms with Crippen LogP contribution >= 0.6 is 11.6 Å². The van der Waals surface area contributed by atoms with Gasteiger partial charge in [0, 0.05) is 38.6 Å². The summed E-state index contributed by atoms with van der Waals surface area (Å²) < 4.78 is 1.98. The third-order valence-corrected chi connectivity index (χ3v) is 3.67. The number of rotatable bonds is 4. The van der Waals surface area contributed by atoms with Gasteiger partial charge in [-0.15, -0.1) is 11.6 Å². The quantitative estimate of drug-likeness (QED) is 0.398. The molecule has 104 valence electrons. The first-order valence-corrected chi connectivity index (χ1v) is 6.94. The third-order valence-electron chi connectivity index (χ3n) is 3.40. The smallest absolute Gasteiger partial charge is 0.255 e. The fraction of sp³-hybridized carbons (Fsp3) is 0.538. The lowest BCUT2D eigenvalue weighted by Gasteiger charge is -2.12. The highest BCUT2D eigenvalue weighted by atomic mass is 35.5. The number of hydrogen-bond donors (Lipinski definition) is 1. The molecule has 0 atom stereocenters. The SMILES string of the molecule is CN1CC/C(=N\O)c2c(ccn2CCCCCl)C1=O. The minimum Gasteiger partial charge on any atom is -0.411 e. The number of unbranched alkanes of at least 4 members (excludes halogenated alkanes) is 1. The summed E-state index contributed by atoms with van der Waals surface area (Å²) in [5.41, 5.74) is 1.92. The third kappa shape index (κ3) is 2.76. The van der Waals surface area contributed by atoms with Gasteiger partial charge in [-0.2, -0.15) is 0 Å². The molecular weight excluding hydrogens is 266 g/mol. The first-order chi connectivity index (χ1) is 9.19. The number of carbonyl (C=O) groups excluding carboxylic acids is 1. The van der Waals surface area contributed by atoms with Crippen LogP contribution in [0.15, 0.2) is 17.4 Å². The Morgan fingerprint density at radius 2 is 2.26 bits per heavy atom. The van der Waals surface area contributed by atoms with E-state index in [0.717, 1.165) is 25.1 Å². The number of amides is 1. The second-order valence-electron chi connectivity index (χ2n) is 4.69. The van der Waals surface area contributed by atoms with Gasteiger partial charge in [0.25, 0.3) is 5.91 Å². The van der Waals surface area contributed by atoms with Crippen molar-refractivity contribution in [2.45, 2.75) is 25.8 Å². The number of halogens is 1. The van der Waals surface area contributed by atoms with E-state index in [1.807, 2.05) is 10.8 Å². The zero-order chi connectivity index (χ0) is 13.8. The van der Waals surface area contributed by atoms with E-state index in [2.05, 4.69) is 5.16 Å². The molecule has 0 saturated carbocycles. The molecule has 2 heterocycles. The van der Waals surface area contributed by atoms with Crippen LogP contribution in [-0.2, 0) is 6.54 Å². The van der Waals surface area contributed by atoms with Crippen molar-refractivity contribution in [1.29, 1.82) is 0 Å². The van der Waals surface area contributed by atoms with Gasteiger partial charge in [-0.25, -0.2) is 0 Å². The van der Waals surface area contributed by atoms with E-state index < -0.39 is 0 Å². The lowest BCUT2D eigenvalue weighted by Crippen LogP contribution is -2.26. The lowest BCUT2D eigenvalue weighted by molar-refractivity contribution is 0.0801.